The van der Waals surface area contributed by atoms with Crippen LogP contribution in [-0.2, 0) is 11.3 Å². The Kier molecular flexibility index (Phi) is 5.90. The van der Waals surface area contributed by atoms with Gasteiger partial charge in [-0.15, -0.1) is 0 Å². The average Bonchev–Trinajstić information content (AvgIpc) is 2.64. The molecule has 3 atom stereocenters. The molecule has 0 saturated carbocycles. The number of hydrogen-bond acceptors (Lipinski definition) is 3. The number of nitrogens with one attached hydrogen (secondary N) is 1. The third-order valence-corrected chi connectivity index (χ3v) is 5.72. The number of nitrogens with zero attached hydrogens (tertiary/aromatic N) is 2. The van der Waals surface area contributed by atoms with E-state index in [1.165, 1.54) is 18.4 Å². The second-order valence-electron chi connectivity index (χ2n) is 7.43. The van der Waals surface area contributed by atoms with Crippen molar-refractivity contribution in [2.45, 2.75) is 63.7 Å². The van der Waals surface area contributed by atoms with Crippen molar-refractivity contribution >= 4 is 5.91 Å². The van der Waals surface area contributed by atoms with Crippen LogP contribution in [0.4, 0.5) is 0 Å². The summed E-state index contributed by atoms with van der Waals surface area (Å²) in [6.45, 7) is 5.36. The number of hydrogen-bond donors (Lipinski definition) is 1. The standard InChI is InChI=1S/C20H31N3O/c1-16-14-18(22(2)20(24)19-10-6-7-12-21-19)11-13-23(16)15-17-8-4-3-5-9-17/h3-5,8-9,16,18-19,21H,6-7,10-15H2,1-2H3. The van der Waals surface area contributed by atoms with E-state index < -0.39 is 0 Å². The summed E-state index contributed by atoms with van der Waals surface area (Å²) in [6.07, 6.45) is 5.51. The fourth-order valence-electron chi connectivity index (χ4n) is 4.09. The minimum atomic E-state index is 0.0430. The molecule has 0 radical (unpaired) electrons. The number of rotatable bonds is 4. The molecule has 24 heavy (non-hydrogen) atoms. The van der Waals surface area contributed by atoms with Crippen LogP contribution in [0.15, 0.2) is 30.3 Å². The summed E-state index contributed by atoms with van der Waals surface area (Å²) in [7, 11) is 2.00. The lowest BCUT2D eigenvalue weighted by atomic mass is 9.95. The van der Waals surface area contributed by atoms with Gasteiger partial charge in [-0.3, -0.25) is 9.69 Å². The average molecular weight is 329 g/mol. The van der Waals surface area contributed by atoms with Gasteiger partial charge in [0.1, 0.15) is 0 Å². The second-order valence-corrected chi connectivity index (χ2v) is 7.43. The summed E-state index contributed by atoms with van der Waals surface area (Å²) in [4.78, 5) is 17.3. The molecular formula is C20H31N3O. The molecule has 1 amide bonds. The minimum Gasteiger partial charge on any atom is -0.341 e. The van der Waals surface area contributed by atoms with E-state index in [1.807, 2.05) is 11.9 Å². The van der Waals surface area contributed by atoms with Gasteiger partial charge in [-0.2, -0.15) is 0 Å². The summed E-state index contributed by atoms with van der Waals surface area (Å²) in [5.74, 6) is 0.295. The topological polar surface area (TPSA) is 35.6 Å². The Hall–Kier alpha value is -1.39. The zero-order valence-electron chi connectivity index (χ0n) is 15.1. The molecule has 0 spiro atoms. The highest BCUT2D eigenvalue weighted by Crippen LogP contribution is 2.24. The number of likely N-dealkylation sites (N-methyl/N-ethyl adjacent to an activating group) is 1. The van der Waals surface area contributed by atoms with Crippen molar-refractivity contribution in [1.82, 2.24) is 15.1 Å². The first-order valence-electron chi connectivity index (χ1n) is 9.43. The van der Waals surface area contributed by atoms with Gasteiger partial charge in [0.2, 0.25) is 5.91 Å². The predicted molar refractivity (Wildman–Crippen MR) is 97.7 cm³/mol. The van der Waals surface area contributed by atoms with Crippen LogP contribution in [0.2, 0.25) is 0 Å². The summed E-state index contributed by atoms with van der Waals surface area (Å²) >= 11 is 0. The number of benzene rings is 1. The summed E-state index contributed by atoms with van der Waals surface area (Å²) in [5.41, 5.74) is 1.37. The molecule has 1 aromatic carbocycles. The quantitative estimate of drug-likeness (QED) is 0.922. The largest absolute Gasteiger partial charge is 0.341 e. The first-order valence-corrected chi connectivity index (χ1v) is 9.43. The lowest BCUT2D eigenvalue weighted by Gasteiger charge is -2.42. The Labute approximate surface area is 146 Å². The molecule has 132 valence electrons. The molecule has 4 nitrogen and oxygen atoms in total. The van der Waals surface area contributed by atoms with Gasteiger partial charge in [-0.1, -0.05) is 36.8 Å². The van der Waals surface area contributed by atoms with Crippen molar-refractivity contribution in [2.75, 3.05) is 20.1 Å². The van der Waals surface area contributed by atoms with Crippen LogP contribution in [0.3, 0.4) is 0 Å². The smallest absolute Gasteiger partial charge is 0.239 e. The predicted octanol–water partition coefficient (Wildman–Crippen LogP) is 2.64. The third kappa shape index (κ3) is 4.17. The van der Waals surface area contributed by atoms with Gasteiger partial charge in [0.25, 0.3) is 0 Å². The van der Waals surface area contributed by atoms with Gasteiger partial charge in [0.15, 0.2) is 0 Å². The van der Waals surface area contributed by atoms with Crippen LogP contribution in [0.1, 0.15) is 44.6 Å². The van der Waals surface area contributed by atoms with Gasteiger partial charge < -0.3 is 10.2 Å². The lowest BCUT2D eigenvalue weighted by Crippen LogP contribution is -2.54. The van der Waals surface area contributed by atoms with E-state index in [0.717, 1.165) is 38.9 Å². The zero-order chi connectivity index (χ0) is 16.9. The molecule has 3 rings (SSSR count). The van der Waals surface area contributed by atoms with Gasteiger partial charge in [-0.25, -0.2) is 0 Å². The Morgan fingerprint density at radius 2 is 2.04 bits per heavy atom. The van der Waals surface area contributed by atoms with Crippen molar-refractivity contribution in [1.29, 1.82) is 0 Å². The molecule has 2 aliphatic rings. The van der Waals surface area contributed by atoms with Gasteiger partial charge in [0.05, 0.1) is 6.04 Å². The van der Waals surface area contributed by atoms with Crippen LogP contribution in [0, 0.1) is 0 Å². The number of carbonyl (C=O) groups is 1. The van der Waals surface area contributed by atoms with Crippen molar-refractivity contribution < 1.29 is 4.79 Å². The van der Waals surface area contributed by atoms with Crippen LogP contribution < -0.4 is 5.32 Å². The highest BCUT2D eigenvalue weighted by Gasteiger charge is 2.32. The summed E-state index contributed by atoms with van der Waals surface area (Å²) < 4.78 is 0. The molecular weight excluding hydrogens is 298 g/mol. The van der Waals surface area contributed by atoms with Crippen LogP contribution in [-0.4, -0.2) is 54.0 Å². The van der Waals surface area contributed by atoms with Gasteiger partial charge in [0, 0.05) is 32.2 Å². The minimum absolute atomic E-state index is 0.0430. The van der Waals surface area contributed by atoms with Crippen LogP contribution in [0.25, 0.3) is 0 Å². The SMILES string of the molecule is CC1CC(N(C)C(=O)C2CCCCN2)CCN1Cc1ccccc1. The Morgan fingerprint density at radius 3 is 2.71 bits per heavy atom. The summed E-state index contributed by atoms with van der Waals surface area (Å²) in [5, 5.41) is 3.39. The Bertz CT molecular complexity index is 527. The highest BCUT2D eigenvalue weighted by molar-refractivity contribution is 5.82. The fraction of sp³-hybridized carbons (Fsp3) is 0.650. The van der Waals surface area contributed by atoms with Gasteiger partial charge >= 0.3 is 0 Å². The maximum atomic E-state index is 12.7. The number of carbonyl (C=O) groups excluding carboxylic acids is 1. The van der Waals surface area contributed by atoms with E-state index >= 15 is 0 Å². The molecule has 4 heteroatoms. The second kappa shape index (κ2) is 8.13. The third-order valence-electron chi connectivity index (χ3n) is 5.72. The Morgan fingerprint density at radius 1 is 1.25 bits per heavy atom. The fourth-order valence-corrected chi connectivity index (χ4v) is 4.09. The van der Waals surface area contributed by atoms with E-state index in [4.69, 9.17) is 0 Å². The molecule has 0 aliphatic carbocycles. The molecule has 2 aliphatic heterocycles. The maximum absolute atomic E-state index is 12.7. The number of amides is 1. The maximum Gasteiger partial charge on any atom is 0.239 e. The first kappa shape index (κ1) is 17.4. The van der Waals surface area contributed by atoms with E-state index in [9.17, 15) is 4.79 Å². The van der Waals surface area contributed by atoms with Crippen molar-refractivity contribution in [3.8, 4) is 0 Å². The highest BCUT2D eigenvalue weighted by atomic mass is 16.2. The molecule has 2 saturated heterocycles. The monoisotopic (exact) mass is 329 g/mol. The molecule has 2 fully saturated rings. The van der Waals surface area contributed by atoms with E-state index in [0.29, 0.717) is 18.0 Å². The number of piperidine rings is 2. The molecule has 0 bridgehead atoms. The lowest BCUT2D eigenvalue weighted by molar-refractivity contribution is -0.136. The first-order chi connectivity index (χ1) is 11.6. The van der Waals surface area contributed by atoms with Crippen molar-refractivity contribution in [3.05, 3.63) is 35.9 Å². The van der Waals surface area contributed by atoms with Crippen LogP contribution >= 0.6 is 0 Å². The summed E-state index contributed by atoms with van der Waals surface area (Å²) in [6, 6.07) is 11.6. The van der Waals surface area contributed by atoms with E-state index in [2.05, 4.69) is 47.5 Å². The molecule has 3 unspecified atom stereocenters. The van der Waals surface area contributed by atoms with E-state index in [-0.39, 0.29) is 6.04 Å². The normalized spacial score (nSPS) is 28.5. The van der Waals surface area contributed by atoms with Gasteiger partial charge in [-0.05, 0) is 44.7 Å². The Balaban J connectivity index is 1.53. The van der Waals surface area contributed by atoms with Crippen molar-refractivity contribution in [2.24, 2.45) is 0 Å². The van der Waals surface area contributed by atoms with E-state index in [1.54, 1.807) is 0 Å². The molecule has 1 aromatic rings. The molecule has 0 aromatic heterocycles. The molecule has 1 N–H and O–H groups in total. The molecule has 2 heterocycles. The van der Waals surface area contributed by atoms with Crippen LogP contribution in [0.5, 0.6) is 0 Å². The van der Waals surface area contributed by atoms with Crippen molar-refractivity contribution in [3.63, 3.8) is 0 Å². The zero-order valence-corrected chi connectivity index (χ0v) is 15.1. The number of likely N-dealkylation sites (tertiary alicyclic amines) is 1.